The van der Waals surface area contributed by atoms with E-state index < -0.39 is 0 Å². The van der Waals surface area contributed by atoms with E-state index in [-0.39, 0.29) is 29.5 Å². The van der Waals surface area contributed by atoms with Crippen molar-refractivity contribution >= 4 is 35.6 Å². The Hall–Kier alpha value is -1.64. The van der Waals surface area contributed by atoms with E-state index in [1.807, 2.05) is 24.3 Å². The smallest absolute Gasteiger partial charge is 0.193 e. The van der Waals surface area contributed by atoms with Crippen molar-refractivity contribution in [3.8, 4) is 0 Å². The third kappa shape index (κ3) is 5.68. The first kappa shape index (κ1) is 22.6. The third-order valence-corrected chi connectivity index (χ3v) is 5.20. The van der Waals surface area contributed by atoms with Gasteiger partial charge in [0.2, 0.25) is 0 Å². The molecular formula is C22H31IN4O. The van der Waals surface area contributed by atoms with Gasteiger partial charge < -0.3 is 15.8 Å². The quantitative estimate of drug-likeness (QED) is 0.362. The fourth-order valence-corrected chi connectivity index (χ4v) is 3.49. The highest BCUT2D eigenvalue weighted by molar-refractivity contribution is 14.0. The number of anilines is 1. The predicted molar refractivity (Wildman–Crippen MR) is 127 cm³/mol. The topological polar surface area (TPSA) is 62.9 Å². The minimum absolute atomic E-state index is 0. The van der Waals surface area contributed by atoms with Crippen molar-refractivity contribution < 1.29 is 4.74 Å². The van der Waals surface area contributed by atoms with E-state index in [9.17, 15) is 0 Å². The molecule has 28 heavy (non-hydrogen) atoms. The molecule has 1 heterocycles. The summed E-state index contributed by atoms with van der Waals surface area (Å²) >= 11 is 0. The summed E-state index contributed by atoms with van der Waals surface area (Å²) in [4.78, 5) is 7.12. The van der Waals surface area contributed by atoms with Crippen LogP contribution in [0, 0.1) is 0 Å². The Balaban J connectivity index is 0.00000280. The lowest BCUT2D eigenvalue weighted by molar-refractivity contribution is 0.112. The van der Waals surface area contributed by atoms with Crippen LogP contribution < -0.4 is 11.1 Å². The summed E-state index contributed by atoms with van der Waals surface area (Å²) < 4.78 is 5.25. The molecule has 2 aromatic carbocycles. The van der Waals surface area contributed by atoms with Crippen LogP contribution in [-0.2, 0) is 24.3 Å². The van der Waals surface area contributed by atoms with Crippen molar-refractivity contribution in [2.24, 2.45) is 10.7 Å². The Labute approximate surface area is 185 Å². The maximum Gasteiger partial charge on any atom is 0.193 e. The molecule has 0 unspecified atom stereocenters. The second-order valence-corrected chi connectivity index (χ2v) is 7.67. The normalized spacial score (nSPS) is 14.9. The van der Waals surface area contributed by atoms with Crippen LogP contribution in [-0.4, -0.2) is 36.6 Å². The van der Waals surface area contributed by atoms with Gasteiger partial charge in [0.25, 0.3) is 0 Å². The van der Waals surface area contributed by atoms with Gasteiger partial charge in [-0.05, 0) is 37.5 Å². The third-order valence-electron chi connectivity index (χ3n) is 5.20. The summed E-state index contributed by atoms with van der Waals surface area (Å²) in [7, 11) is 1.69. The minimum atomic E-state index is -0.0636. The van der Waals surface area contributed by atoms with E-state index in [1.54, 1.807) is 7.11 Å². The van der Waals surface area contributed by atoms with Crippen LogP contribution in [0.25, 0.3) is 0 Å². The molecule has 0 fully saturated rings. The van der Waals surface area contributed by atoms with E-state index in [2.05, 4.69) is 53.3 Å². The lowest BCUT2D eigenvalue weighted by atomic mass is 9.94. The number of halogens is 1. The van der Waals surface area contributed by atoms with Gasteiger partial charge in [0, 0.05) is 37.0 Å². The number of hydrogen-bond acceptors (Lipinski definition) is 3. The molecule has 0 saturated carbocycles. The largest absolute Gasteiger partial charge is 0.380 e. The molecule has 0 aliphatic carbocycles. The maximum absolute atomic E-state index is 6.16. The highest BCUT2D eigenvalue weighted by atomic mass is 127. The molecular weight excluding hydrogens is 463 g/mol. The molecule has 6 heteroatoms. The lowest BCUT2D eigenvalue weighted by Gasteiger charge is -2.40. The monoisotopic (exact) mass is 494 g/mol. The minimum Gasteiger partial charge on any atom is -0.380 e. The molecule has 0 spiro atoms. The molecule has 0 amide bonds. The van der Waals surface area contributed by atoms with Gasteiger partial charge in [0.05, 0.1) is 13.2 Å². The number of nitrogens with zero attached hydrogens (tertiary/aromatic N) is 2. The van der Waals surface area contributed by atoms with Crippen LogP contribution in [0.15, 0.2) is 53.5 Å². The van der Waals surface area contributed by atoms with Crippen LogP contribution in [0.4, 0.5) is 5.69 Å². The van der Waals surface area contributed by atoms with E-state index in [4.69, 9.17) is 10.5 Å². The van der Waals surface area contributed by atoms with Gasteiger partial charge in [-0.15, -0.1) is 24.0 Å². The van der Waals surface area contributed by atoms with Gasteiger partial charge in [-0.25, -0.2) is 0 Å². The zero-order valence-electron chi connectivity index (χ0n) is 16.9. The van der Waals surface area contributed by atoms with Crippen molar-refractivity contribution in [1.29, 1.82) is 0 Å². The van der Waals surface area contributed by atoms with E-state index in [0.717, 1.165) is 30.8 Å². The molecule has 0 radical (unpaired) electrons. The van der Waals surface area contributed by atoms with Crippen LogP contribution in [0.2, 0.25) is 0 Å². The Morgan fingerprint density at radius 1 is 1.14 bits per heavy atom. The summed E-state index contributed by atoms with van der Waals surface area (Å²) in [5.74, 6) is 0.434. The Bertz CT molecular complexity index is 807. The highest BCUT2D eigenvalue weighted by Crippen LogP contribution is 2.25. The second kappa shape index (κ2) is 10.2. The van der Waals surface area contributed by atoms with Crippen molar-refractivity contribution in [2.45, 2.75) is 39.0 Å². The van der Waals surface area contributed by atoms with Crippen molar-refractivity contribution in [3.63, 3.8) is 0 Å². The maximum atomic E-state index is 6.16. The number of para-hydroxylation sites is 1. The van der Waals surface area contributed by atoms with Gasteiger partial charge in [0.15, 0.2) is 5.96 Å². The van der Waals surface area contributed by atoms with E-state index in [1.165, 1.54) is 11.1 Å². The number of benzene rings is 2. The van der Waals surface area contributed by atoms with Gasteiger partial charge in [0.1, 0.15) is 0 Å². The number of methoxy groups -OCH3 is 1. The number of guanidine groups is 1. The molecule has 1 aliphatic heterocycles. The molecule has 5 nitrogen and oxygen atoms in total. The van der Waals surface area contributed by atoms with Crippen LogP contribution in [0.5, 0.6) is 0 Å². The van der Waals surface area contributed by atoms with Gasteiger partial charge in [-0.3, -0.25) is 9.89 Å². The summed E-state index contributed by atoms with van der Waals surface area (Å²) in [5, 5.41) is 3.22. The SMILES string of the molecule is COCc1ccccc1NC(N)=NCC(C)(C)N1CCc2ccccc2C1.I. The van der Waals surface area contributed by atoms with Crippen LogP contribution in [0.1, 0.15) is 30.5 Å². The summed E-state index contributed by atoms with van der Waals surface area (Å²) in [6, 6.07) is 16.7. The Morgan fingerprint density at radius 3 is 2.57 bits per heavy atom. The first-order valence-corrected chi connectivity index (χ1v) is 9.45. The predicted octanol–water partition coefficient (Wildman–Crippen LogP) is 4.01. The Kier molecular flexibility index (Phi) is 8.27. The van der Waals surface area contributed by atoms with Gasteiger partial charge in [-0.1, -0.05) is 42.5 Å². The Morgan fingerprint density at radius 2 is 1.82 bits per heavy atom. The number of nitrogens with one attached hydrogen (secondary N) is 1. The van der Waals surface area contributed by atoms with Crippen molar-refractivity contribution in [3.05, 3.63) is 65.2 Å². The van der Waals surface area contributed by atoms with E-state index >= 15 is 0 Å². The van der Waals surface area contributed by atoms with E-state index in [0.29, 0.717) is 19.1 Å². The average Bonchev–Trinajstić information content (AvgIpc) is 2.68. The number of hydrogen-bond donors (Lipinski definition) is 2. The van der Waals surface area contributed by atoms with Crippen molar-refractivity contribution in [2.75, 3.05) is 25.5 Å². The highest BCUT2D eigenvalue weighted by Gasteiger charge is 2.29. The molecule has 3 rings (SSSR count). The van der Waals surface area contributed by atoms with Gasteiger partial charge >= 0.3 is 0 Å². The molecule has 2 aromatic rings. The number of rotatable bonds is 6. The van der Waals surface area contributed by atoms with Crippen molar-refractivity contribution in [1.82, 2.24) is 4.90 Å². The summed E-state index contributed by atoms with van der Waals surface area (Å²) in [5.41, 5.74) is 11.0. The standard InChI is InChI=1S/C22H30N4O.HI/c1-22(2,26-13-12-17-8-4-5-9-18(17)14-26)16-24-21(23)25-20-11-7-6-10-19(20)15-27-3;/h4-11H,12-16H2,1-3H3,(H3,23,24,25);1H. The first-order chi connectivity index (χ1) is 13.0. The number of ether oxygens (including phenoxy) is 1. The fraction of sp³-hybridized carbons (Fsp3) is 0.409. The average molecular weight is 494 g/mol. The molecule has 0 saturated heterocycles. The fourth-order valence-electron chi connectivity index (χ4n) is 3.49. The number of nitrogens with two attached hydrogens (primary N) is 1. The van der Waals surface area contributed by atoms with Crippen LogP contribution in [0.3, 0.4) is 0 Å². The first-order valence-electron chi connectivity index (χ1n) is 9.45. The number of aliphatic imine (C=N–C) groups is 1. The zero-order valence-corrected chi connectivity index (χ0v) is 19.3. The molecule has 3 N–H and O–H groups in total. The summed E-state index contributed by atoms with van der Waals surface area (Å²) in [6.45, 7) is 7.65. The molecule has 0 bridgehead atoms. The molecule has 0 atom stereocenters. The number of fused-ring (bicyclic) bond motifs is 1. The molecule has 0 aromatic heterocycles. The summed E-state index contributed by atoms with van der Waals surface area (Å²) in [6.07, 6.45) is 1.08. The molecule has 152 valence electrons. The van der Waals surface area contributed by atoms with Crippen LogP contribution >= 0.6 is 24.0 Å². The lowest BCUT2D eigenvalue weighted by Crippen LogP contribution is -2.49. The second-order valence-electron chi connectivity index (χ2n) is 7.67. The zero-order chi connectivity index (χ0) is 19.3. The van der Waals surface area contributed by atoms with Gasteiger partial charge in [-0.2, -0.15) is 0 Å². The molecule has 1 aliphatic rings.